The van der Waals surface area contributed by atoms with Crippen molar-refractivity contribution < 1.29 is 14.3 Å². The molecule has 1 aromatic carbocycles. The minimum absolute atomic E-state index is 0.103. The van der Waals surface area contributed by atoms with Gasteiger partial charge in [-0.25, -0.2) is 0 Å². The summed E-state index contributed by atoms with van der Waals surface area (Å²) >= 11 is 7.51. The monoisotopic (exact) mass is 335 g/mol. The molecule has 3 rings (SSSR count). The van der Waals surface area contributed by atoms with E-state index in [0.717, 1.165) is 4.88 Å². The highest BCUT2D eigenvalue weighted by atomic mass is 35.5. The van der Waals surface area contributed by atoms with E-state index in [1.54, 1.807) is 18.2 Å². The Morgan fingerprint density at radius 3 is 2.91 bits per heavy atom. The topological polar surface area (TPSA) is 61.6 Å². The molecule has 2 aromatic rings. The number of benzene rings is 1. The third-order valence-electron chi connectivity index (χ3n) is 3.29. The maximum atomic E-state index is 12.7. The zero-order chi connectivity index (χ0) is 15.7. The summed E-state index contributed by atoms with van der Waals surface area (Å²) in [6, 6.07) is 8.84. The third kappa shape index (κ3) is 2.58. The number of halogens is 1. The van der Waals surface area contributed by atoms with E-state index in [2.05, 4.69) is 0 Å². The molecule has 6 heteroatoms. The van der Waals surface area contributed by atoms with Crippen LogP contribution in [0.3, 0.4) is 0 Å². The van der Waals surface area contributed by atoms with Gasteiger partial charge < -0.3 is 15.2 Å². The molecule has 1 aliphatic heterocycles. The summed E-state index contributed by atoms with van der Waals surface area (Å²) in [6.07, 6.45) is -0.691. The van der Waals surface area contributed by atoms with E-state index >= 15 is 0 Å². The largest absolute Gasteiger partial charge is 0.493 e. The highest BCUT2D eigenvalue weighted by Gasteiger charge is 2.37. The number of carbonyl (C=O) groups is 1. The fourth-order valence-electron chi connectivity index (χ4n) is 2.36. The van der Waals surface area contributed by atoms with E-state index in [1.165, 1.54) is 11.3 Å². The molecule has 0 spiro atoms. The summed E-state index contributed by atoms with van der Waals surface area (Å²) in [7, 11) is 0. The minimum Gasteiger partial charge on any atom is -0.493 e. The summed E-state index contributed by atoms with van der Waals surface area (Å²) in [6.45, 7) is 2.35. The molecule has 0 saturated heterocycles. The van der Waals surface area contributed by atoms with E-state index in [0.29, 0.717) is 28.5 Å². The standard InChI is InChI=1S/C16H14ClNO3S/c1-2-20-11-6-5-9(17)8-10(11)13-14(19)15(21-16(13)18)12-4-3-7-22-12/h3-8,15H,2,18H2,1H3. The molecule has 0 saturated carbocycles. The molecule has 1 aliphatic rings. The van der Waals surface area contributed by atoms with Crippen LogP contribution in [0.1, 0.15) is 23.5 Å². The van der Waals surface area contributed by atoms with Gasteiger partial charge in [0.05, 0.1) is 17.1 Å². The Morgan fingerprint density at radius 2 is 2.23 bits per heavy atom. The van der Waals surface area contributed by atoms with E-state index in [1.807, 2.05) is 24.4 Å². The number of nitrogens with two attached hydrogens (primary N) is 1. The van der Waals surface area contributed by atoms with Gasteiger partial charge in [0, 0.05) is 10.6 Å². The van der Waals surface area contributed by atoms with Gasteiger partial charge in [0.2, 0.25) is 5.78 Å². The van der Waals surface area contributed by atoms with Crippen LogP contribution < -0.4 is 10.5 Å². The van der Waals surface area contributed by atoms with Crippen LogP contribution in [0.5, 0.6) is 5.75 Å². The van der Waals surface area contributed by atoms with Crippen molar-refractivity contribution in [2.45, 2.75) is 13.0 Å². The van der Waals surface area contributed by atoms with Gasteiger partial charge in [-0.3, -0.25) is 4.79 Å². The predicted molar refractivity (Wildman–Crippen MR) is 86.9 cm³/mol. The number of ether oxygens (including phenoxy) is 2. The summed E-state index contributed by atoms with van der Waals surface area (Å²) < 4.78 is 11.2. The molecular formula is C16H14ClNO3S. The number of thiophene rings is 1. The van der Waals surface area contributed by atoms with Crippen LogP contribution in [-0.2, 0) is 9.53 Å². The Kier molecular flexibility index (Phi) is 4.09. The smallest absolute Gasteiger partial charge is 0.214 e. The second kappa shape index (κ2) is 6.02. The Bertz CT molecular complexity index is 740. The van der Waals surface area contributed by atoms with Crippen LogP contribution in [0, 0.1) is 0 Å². The van der Waals surface area contributed by atoms with Crippen LogP contribution in [0.4, 0.5) is 0 Å². The molecule has 0 bridgehead atoms. The summed E-state index contributed by atoms with van der Waals surface area (Å²) in [5, 5.41) is 2.40. The van der Waals surface area contributed by atoms with Crippen molar-refractivity contribution in [1.29, 1.82) is 0 Å². The number of carbonyl (C=O) groups excluding carboxylic acids is 1. The molecule has 1 atom stereocenters. The first kappa shape index (κ1) is 14.9. The van der Waals surface area contributed by atoms with Crippen LogP contribution in [0.2, 0.25) is 5.02 Å². The quantitative estimate of drug-likeness (QED) is 0.924. The van der Waals surface area contributed by atoms with Gasteiger partial charge in [0.25, 0.3) is 0 Å². The molecule has 0 radical (unpaired) electrons. The van der Waals surface area contributed by atoms with Gasteiger partial charge >= 0.3 is 0 Å². The Labute approximate surface area is 137 Å². The van der Waals surface area contributed by atoms with Gasteiger partial charge in [-0.15, -0.1) is 11.3 Å². The fraction of sp³-hybridized carbons (Fsp3) is 0.188. The SMILES string of the molecule is CCOc1ccc(Cl)cc1C1=C(N)OC(c2cccs2)C1=O. The lowest BCUT2D eigenvalue weighted by molar-refractivity contribution is -0.120. The molecule has 114 valence electrons. The Hall–Kier alpha value is -1.98. The highest BCUT2D eigenvalue weighted by Crippen LogP contribution is 2.41. The van der Waals surface area contributed by atoms with Crippen molar-refractivity contribution in [2.75, 3.05) is 6.61 Å². The third-order valence-corrected chi connectivity index (χ3v) is 4.44. The number of hydrogen-bond donors (Lipinski definition) is 1. The van der Waals surface area contributed by atoms with Gasteiger partial charge in [0.1, 0.15) is 5.75 Å². The molecule has 2 N–H and O–H groups in total. The van der Waals surface area contributed by atoms with Crippen LogP contribution >= 0.6 is 22.9 Å². The van der Waals surface area contributed by atoms with Gasteiger partial charge in [0.15, 0.2) is 12.0 Å². The first-order valence-corrected chi connectivity index (χ1v) is 8.04. The van der Waals surface area contributed by atoms with Crippen molar-refractivity contribution in [1.82, 2.24) is 0 Å². The normalized spacial score (nSPS) is 17.7. The Morgan fingerprint density at radius 1 is 1.41 bits per heavy atom. The summed E-state index contributed by atoms with van der Waals surface area (Å²) in [4.78, 5) is 13.5. The average Bonchev–Trinajstić information content (AvgIpc) is 3.10. The van der Waals surface area contributed by atoms with E-state index in [-0.39, 0.29) is 11.7 Å². The minimum atomic E-state index is -0.691. The molecule has 22 heavy (non-hydrogen) atoms. The summed E-state index contributed by atoms with van der Waals surface area (Å²) in [5.41, 5.74) is 6.84. The van der Waals surface area contributed by atoms with Crippen molar-refractivity contribution >= 4 is 34.3 Å². The fourth-order valence-corrected chi connectivity index (χ4v) is 3.29. The zero-order valence-corrected chi connectivity index (χ0v) is 13.4. The molecule has 2 heterocycles. The second-order valence-electron chi connectivity index (χ2n) is 4.69. The van der Waals surface area contributed by atoms with Crippen molar-refractivity contribution in [3.8, 4) is 5.75 Å². The van der Waals surface area contributed by atoms with Gasteiger partial charge in [-0.1, -0.05) is 17.7 Å². The van der Waals surface area contributed by atoms with Crippen molar-refractivity contribution in [3.63, 3.8) is 0 Å². The zero-order valence-electron chi connectivity index (χ0n) is 11.8. The van der Waals surface area contributed by atoms with E-state index in [4.69, 9.17) is 26.8 Å². The van der Waals surface area contributed by atoms with Gasteiger partial charge in [-0.05, 0) is 36.6 Å². The van der Waals surface area contributed by atoms with E-state index < -0.39 is 6.10 Å². The molecule has 0 fully saturated rings. The molecule has 4 nitrogen and oxygen atoms in total. The summed E-state index contributed by atoms with van der Waals surface area (Å²) in [5.74, 6) is 0.489. The van der Waals surface area contributed by atoms with Crippen molar-refractivity contribution in [2.24, 2.45) is 5.73 Å². The van der Waals surface area contributed by atoms with Gasteiger partial charge in [-0.2, -0.15) is 0 Å². The van der Waals surface area contributed by atoms with Crippen LogP contribution in [0.25, 0.3) is 5.57 Å². The molecule has 0 amide bonds. The predicted octanol–water partition coefficient (Wildman–Crippen LogP) is 3.77. The number of ketones is 1. The van der Waals surface area contributed by atoms with E-state index in [9.17, 15) is 4.79 Å². The Balaban J connectivity index is 2.03. The lowest BCUT2D eigenvalue weighted by Crippen LogP contribution is -2.09. The highest BCUT2D eigenvalue weighted by molar-refractivity contribution is 7.10. The first-order chi connectivity index (χ1) is 10.6. The number of hydrogen-bond acceptors (Lipinski definition) is 5. The molecule has 1 aromatic heterocycles. The van der Waals surface area contributed by atoms with Crippen LogP contribution in [0.15, 0.2) is 41.6 Å². The maximum absolute atomic E-state index is 12.7. The number of Topliss-reactive ketones (excluding diaryl/α,β-unsaturated/α-hetero) is 1. The molecule has 0 aliphatic carbocycles. The molecule has 1 unspecified atom stereocenters. The average molecular weight is 336 g/mol. The van der Waals surface area contributed by atoms with Crippen LogP contribution in [-0.4, -0.2) is 12.4 Å². The second-order valence-corrected chi connectivity index (χ2v) is 6.11. The maximum Gasteiger partial charge on any atom is 0.214 e. The van der Waals surface area contributed by atoms with Crippen molar-refractivity contribution in [3.05, 3.63) is 57.1 Å². The lowest BCUT2D eigenvalue weighted by Gasteiger charge is -2.10. The lowest BCUT2D eigenvalue weighted by atomic mass is 9.99. The first-order valence-electron chi connectivity index (χ1n) is 6.78. The number of rotatable bonds is 4. The molecular weight excluding hydrogens is 322 g/mol.